The number of nitrogens with two attached hydrogens (primary N) is 1. The number of hydrogen-bond acceptors (Lipinski definition) is 2. The van der Waals surface area contributed by atoms with Crippen molar-refractivity contribution >= 4 is 5.91 Å². The molecule has 3 nitrogen and oxygen atoms in total. The first-order valence-corrected chi connectivity index (χ1v) is 6.00. The molecule has 1 amide bonds. The molecule has 1 rings (SSSR count). The molecule has 1 aromatic carbocycles. The Bertz CT molecular complexity index is 410. The fraction of sp³-hybridized carbons (Fsp3) is 0.462. The number of benzene rings is 1. The van der Waals surface area contributed by atoms with Gasteiger partial charge >= 0.3 is 0 Å². The molecule has 0 heterocycles. The summed E-state index contributed by atoms with van der Waals surface area (Å²) >= 11 is 0. The van der Waals surface area contributed by atoms with E-state index in [0.717, 1.165) is 18.6 Å². The van der Waals surface area contributed by atoms with Crippen LogP contribution in [0.4, 0.5) is 8.78 Å². The lowest BCUT2D eigenvalue weighted by molar-refractivity contribution is -0.125. The van der Waals surface area contributed by atoms with Crippen molar-refractivity contribution in [1.29, 1.82) is 0 Å². The van der Waals surface area contributed by atoms with E-state index in [1.807, 2.05) is 6.92 Å². The van der Waals surface area contributed by atoms with E-state index in [-0.39, 0.29) is 30.5 Å². The molecule has 1 unspecified atom stereocenters. The van der Waals surface area contributed by atoms with Crippen LogP contribution in [0.25, 0.3) is 0 Å². The zero-order chi connectivity index (χ0) is 13.5. The molecule has 0 saturated heterocycles. The van der Waals surface area contributed by atoms with Crippen molar-refractivity contribution in [2.45, 2.75) is 26.3 Å². The lowest BCUT2D eigenvalue weighted by atomic mass is 10.0. The average Bonchev–Trinajstić information content (AvgIpc) is 2.34. The van der Waals surface area contributed by atoms with Gasteiger partial charge in [0.25, 0.3) is 0 Å². The van der Waals surface area contributed by atoms with Gasteiger partial charge in [-0.3, -0.25) is 4.79 Å². The highest BCUT2D eigenvalue weighted by Crippen LogP contribution is 2.10. The van der Waals surface area contributed by atoms with Crippen LogP contribution in [-0.4, -0.2) is 12.5 Å². The number of hydrogen-bond donors (Lipinski definition) is 2. The molecule has 0 aromatic heterocycles. The van der Waals surface area contributed by atoms with Crippen molar-refractivity contribution in [2.24, 2.45) is 11.7 Å². The maximum atomic E-state index is 13.3. The zero-order valence-electron chi connectivity index (χ0n) is 10.4. The molecule has 0 fully saturated rings. The van der Waals surface area contributed by atoms with Gasteiger partial charge in [0.2, 0.25) is 5.91 Å². The first kappa shape index (κ1) is 14.6. The fourth-order valence-electron chi connectivity index (χ4n) is 1.70. The SMILES string of the molecule is CCCC(CN)C(=O)NCc1ccc(F)cc1F. The number of nitrogens with one attached hydrogen (secondary N) is 1. The predicted molar refractivity (Wildman–Crippen MR) is 65.7 cm³/mol. The van der Waals surface area contributed by atoms with E-state index in [2.05, 4.69) is 5.32 Å². The molecule has 3 N–H and O–H groups in total. The Morgan fingerprint density at radius 3 is 2.72 bits per heavy atom. The molecule has 1 atom stereocenters. The first-order chi connectivity index (χ1) is 8.58. The molecule has 0 radical (unpaired) electrons. The van der Waals surface area contributed by atoms with Crippen molar-refractivity contribution in [3.63, 3.8) is 0 Å². The van der Waals surface area contributed by atoms with E-state index in [0.29, 0.717) is 6.42 Å². The van der Waals surface area contributed by atoms with Crippen LogP contribution in [-0.2, 0) is 11.3 Å². The standard InChI is InChI=1S/C13H18F2N2O/c1-2-3-9(7-16)13(18)17-8-10-4-5-11(14)6-12(10)15/h4-6,9H,2-3,7-8,16H2,1H3,(H,17,18). The summed E-state index contributed by atoms with van der Waals surface area (Å²) in [4.78, 5) is 11.7. The van der Waals surface area contributed by atoms with Gasteiger partial charge in [0.1, 0.15) is 11.6 Å². The molecule has 0 aliphatic carbocycles. The van der Waals surface area contributed by atoms with Crippen LogP contribution in [0.15, 0.2) is 18.2 Å². The average molecular weight is 256 g/mol. The van der Waals surface area contributed by atoms with Gasteiger partial charge in [0, 0.05) is 24.7 Å². The van der Waals surface area contributed by atoms with Crippen LogP contribution in [0, 0.1) is 17.6 Å². The van der Waals surface area contributed by atoms with E-state index < -0.39 is 11.6 Å². The second kappa shape index (κ2) is 7.06. The first-order valence-electron chi connectivity index (χ1n) is 6.00. The van der Waals surface area contributed by atoms with E-state index in [1.165, 1.54) is 6.07 Å². The van der Waals surface area contributed by atoms with Crippen molar-refractivity contribution in [2.75, 3.05) is 6.54 Å². The van der Waals surface area contributed by atoms with Crippen LogP contribution in [0.2, 0.25) is 0 Å². The highest BCUT2D eigenvalue weighted by Gasteiger charge is 2.15. The third kappa shape index (κ3) is 4.07. The number of carbonyl (C=O) groups is 1. The number of amides is 1. The van der Waals surface area contributed by atoms with Gasteiger partial charge in [-0.1, -0.05) is 19.4 Å². The number of halogens is 2. The molecular formula is C13H18F2N2O. The molecule has 0 aliphatic rings. The Labute approximate surface area is 105 Å². The topological polar surface area (TPSA) is 55.1 Å². The summed E-state index contributed by atoms with van der Waals surface area (Å²) in [6.07, 6.45) is 1.56. The van der Waals surface area contributed by atoms with E-state index in [4.69, 9.17) is 5.73 Å². The van der Waals surface area contributed by atoms with Crippen LogP contribution in [0.3, 0.4) is 0 Å². The minimum Gasteiger partial charge on any atom is -0.352 e. The Hall–Kier alpha value is -1.49. The second-order valence-corrected chi connectivity index (χ2v) is 4.17. The second-order valence-electron chi connectivity index (χ2n) is 4.17. The number of rotatable bonds is 6. The van der Waals surface area contributed by atoms with E-state index in [9.17, 15) is 13.6 Å². The molecular weight excluding hydrogens is 238 g/mol. The summed E-state index contributed by atoms with van der Waals surface area (Å²) in [5.41, 5.74) is 5.76. The summed E-state index contributed by atoms with van der Waals surface area (Å²) in [5, 5.41) is 2.61. The third-order valence-corrected chi connectivity index (χ3v) is 2.76. The quantitative estimate of drug-likeness (QED) is 0.817. The molecule has 5 heteroatoms. The van der Waals surface area contributed by atoms with E-state index in [1.54, 1.807) is 0 Å². The smallest absolute Gasteiger partial charge is 0.224 e. The van der Waals surface area contributed by atoms with Gasteiger partial charge in [-0.05, 0) is 12.5 Å². The van der Waals surface area contributed by atoms with Gasteiger partial charge in [-0.2, -0.15) is 0 Å². The largest absolute Gasteiger partial charge is 0.352 e. The van der Waals surface area contributed by atoms with Gasteiger partial charge < -0.3 is 11.1 Å². The minimum absolute atomic E-state index is 0.0468. The summed E-state index contributed by atoms with van der Waals surface area (Å²) in [7, 11) is 0. The Kier molecular flexibility index (Phi) is 5.71. The summed E-state index contributed by atoms with van der Waals surface area (Å²) in [5.74, 6) is -1.73. The maximum absolute atomic E-state index is 13.3. The van der Waals surface area contributed by atoms with Gasteiger partial charge in [0.15, 0.2) is 0 Å². The summed E-state index contributed by atoms with van der Waals surface area (Å²) in [6.45, 7) is 2.28. The normalized spacial score (nSPS) is 12.2. The van der Waals surface area contributed by atoms with Crippen molar-refractivity contribution in [3.8, 4) is 0 Å². The highest BCUT2D eigenvalue weighted by atomic mass is 19.1. The Morgan fingerprint density at radius 1 is 1.44 bits per heavy atom. The highest BCUT2D eigenvalue weighted by molar-refractivity contribution is 5.78. The predicted octanol–water partition coefficient (Wildman–Crippen LogP) is 1.96. The zero-order valence-corrected chi connectivity index (χ0v) is 10.4. The molecule has 100 valence electrons. The van der Waals surface area contributed by atoms with Crippen LogP contribution in [0.5, 0.6) is 0 Å². The summed E-state index contributed by atoms with van der Waals surface area (Å²) in [6, 6.07) is 3.28. The molecule has 18 heavy (non-hydrogen) atoms. The van der Waals surface area contributed by atoms with Crippen molar-refractivity contribution < 1.29 is 13.6 Å². The molecule has 0 spiro atoms. The van der Waals surface area contributed by atoms with Crippen molar-refractivity contribution in [3.05, 3.63) is 35.4 Å². The molecule has 0 aliphatic heterocycles. The summed E-state index contributed by atoms with van der Waals surface area (Å²) < 4.78 is 26.0. The van der Waals surface area contributed by atoms with Crippen molar-refractivity contribution in [1.82, 2.24) is 5.32 Å². The van der Waals surface area contributed by atoms with Crippen LogP contribution >= 0.6 is 0 Å². The number of carbonyl (C=O) groups excluding carboxylic acids is 1. The Morgan fingerprint density at radius 2 is 2.17 bits per heavy atom. The Balaban J connectivity index is 2.56. The van der Waals surface area contributed by atoms with E-state index >= 15 is 0 Å². The molecule has 1 aromatic rings. The maximum Gasteiger partial charge on any atom is 0.224 e. The minimum atomic E-state index is -0.657. The lowest BCUT2D eigenvalue weighted by Gasteiger charge is -2.14. The van der Waals surface area contributed by atoms with Crippen LogP contribution in [0.1, 0.15) is 25.3 Å². The van der Waals surface area contributed by atoms with Gasteiger partial charge in [-0.15, -0.1) is 0 Å². The van der Waals surface area contributed by atoms with Gasteiger partial charge in [0.05, 0.1) is 5.92 Å². The monoisotopic (exact) mass is 256 g/mol. The van der Waals surface area contributed by atoms with Crippen LogP contribution < -0.4 is 11.1 Å². The fourth-order valence-corrected chi connectivity index (χ4v) is 1.70. The third-order valence-electron chi connectivity index (χ3n) is 2.76. The molecule has 0 saturated carbocycles. The lowest BCUT2D eigenvalue weighted by Crippen LogP contribution is -2.34. The molecule has 0 bridgehead atoms. The van der Waals surface area contributed by atoms with Gasteiger partial charge in [-0.25, -0.2) is 8.78 Å².